The lowest BCUT2D eigenvalue weighted by atomic mass is 10.0. The van der Waals surface area contributed by atoms with E-state index in [9.17, 15) is 13.2 Å². The largest absolute Gasteiger partial charge is 0.497 e. The van der Waals surface area contributed by atoms with Crippen molar-refractivity contribution in [1.29, 1.82) is 0 Å². The Kier molecular flexibility index (Phi) is 3.38. The SMILES string of the molecule is COc1cc(-c2ccc(N)cc2)cc(C(F)(F)F)c1. The number of methoxy groups -OCH3 is 1. The zero-order valence-corrected chi connectivity index (χ0v) is 10.2. The highest BCUT2D eigenvalue weighted by molar-refractivity contribution is 5.68. The van der Waals surface area contributed by atoms with Crippen LogP contribution < -0.4 is 10.5 Å². The number of alkyl halides is 3. The fraction of sp³-hybridized carbons (Fsp3) is 0.143. The third kappa shape index (κ3) is 2.99. The zero-order chi connectivity index (χ0) is 14.0. The maximum Gasteiger partial charge on any atom is 0.416 e. The lowest BCUT2D eigenvalue weighted by Crippen LogP contribution is -2.05. The second kappa shape index (κ2) is 4.84. The Morgan fingerprint density at radius 2 is 1.58 bits per heavy atom. The van der Waals surface area contributed by atoms with Crippen LogP contribution in [0.1, 0.15) is 5.56 Å². The van der Waals surface area contributed by atoms with Crippen LogP contribution in [0.3, 0.4) is 0 Å². The molecule has 0 aromatic heterocycles. The Morgan fingerprint density at radius 3 is 2.11 bits per heavy atom. The summed E-state index contributed by atoms with van der Waals surface area (Å²) >= 11 is 0. The van der Waals surface area contributed by atoms with Gasteiger partial charge >= 0.3 is 6.18 Å². The summed E-state index contributed by atoms with van der Waals surface area (Å²) in [5.74, 6) is 0.168. The summed E-state index contributed by atoms with van der Waals surface area (Å²) in [5.41, 5.74) is 6.46. The summed E-state index contributed by atoms with van der Waals surface area (Å²) < 4.78 is 43.3. The molecular formula is C14H12F3NO. The smallest absolute Gasteiger partial charge is 0.416 e. The van der Waals surface area contributed by atoms with E-state index in [2.05, 4.69) is 0 Å². The molecular weight excluding hydrogens is 255 g/mol. The molecule has 2 aromatic carbocycles. The molecule has 0 heterocycles. The average molecular weight is 267 g/mol. The van der Waals surface area contributed by atoms with E-state index >= 15 is 0 Å². The Balaban J connectivity index is 2.54. The van der Waals surface area contributed by atoms with Gasteiger partial charge in [-0.1, -0.05) is 12.1 Å². The molecule has 2 N–H and O–H groups in total. The Labute approximate surface area is 108 Å². The third-order valence-electron chi connectivity index (χ3n) is 2.71. The van der Waals surface area contributed by atoms with Gasteiger partial charge in [-0.15, -0.1) is 0 Å². The molecule has 0 aliphatic heterocycles. The molecule has 0 radical (unpaired) electrons. The first kappa shape index (κ1) is 13.3. The van der Waals surface area contributed by atoms with Crippen molar-refractivity contribution in [2.75, 3.05) is 12.8 Å². The van der Waals surface area contributed by atoms with Gasteiger partial charge in [0.25, 0.3) is 0 Å². The number of halogens is 3. The van der Waals surface area contributed by atoms with Gasteiger partial charge in [-0.2, -0.15) is 13.2 Å². The van der Waals surface area contributed by atoms with E-state index in [1.807, 2.05) is 0 Å². The van der Waals surface area contributed by atoms with Crippen LogP contribution in [0.5, 0.6) is 5.75 Å². The van der Waals surface area contributed by atoms with Crippen molar-refractivity contribution in [3.05, 3.63) is 48.0 Å². The van der Waals surface area contributed by atoms with Crippen LogP contribution in [-0.2, 0) is 6.18 Å². The Bertz CT molecular complexity index is 576. The Hall–Kier alpha value is -2.17. The highest BCUT2D eigenvalue weighted by Gasteiger charge is 2.31. The molecule has 19 heavy (non-hydrogen) atoms. The molecule has 0 unspecified atom stereocenters. The van der Waals surface area contributed by atoms with Crippen LogP contribution in [0.25, 0.3) is 11.1 Å². The number of nitrogen functional groups attached to an aromatic ring is 1. The van der Waals surface area contributed by atoms with Gasteiger partial charge in [-0.25, -0.2) is 0 Å². The highest BCUT2D eigenvalue weighted by atomic mass is 19.4. The van der Waals surface area contributed by atoms with Gasteiger partial charge in [-0.05, 0) is 41.5 Å². The van der Waals surface area contributed by atoms with Crippen LogP contribution in [-0.4, -0.2) is 7.11 Å². The van der Waals surface area contributed by atoms with E-state index < -0.39 is 11.7 Å². The molecule has 0 saturated carbocycles. The second-order valence-corrected chi connectivity index (χ2v) is 4.07. The average Bonchev–Trinajstić information content (AvgIpc) is 2.38. The van der Waals surface area contributed by atoms with Gasteiger partial charge < -0.3 is 10.5 Å². The minimum atomic E-state index is -4.41. The molecule has 0 bridgehead atoms. The number of hydrogen-bond donors (Lipinski definition) is 1. The van der Waals surface area contributed by atoms with Crippen LogP contribution in [0.15, 0.2) is 42.5 Å². The quantitative estimate of drug-likeness (QED) is 0.836. The number of nitrogens with two attached hydrogens (primary N) is 1. The lowest BCUT2D eigenvalue weighted by molar-refractivity contribution is -0.137. The highest BCUT2D eigenvalue weighted by Crippen LogP contribution is 2.35. The molecule has 0 fully saturated rings. The van der Waals surface area contributed by atoms with Crippen molar-refractivity contribution in [2.45, 2.75) is 6.18 Å². The number of rotatable bonds is 2. The molecule has 5 heteroatoms. The third-order valence-corrected chi connectivity index (χ3v) is 2.71. The van der Waals surface area contributed by atoms with Crippen molar-refractivity contribution in [3.8, 4) is 16.9 Å². The number of ether oxygens (including phenoxy) is 1. The van der Waals surface area contributed by atoms with E-state index in [-0.39, 0.29) is 5.75 Å². The van der Waals surface area contributed by atoms with Gasteiger partial charge in [0, 0.05) is 5.69 Å². The number of hydrogen-bond acceptors (Lipinski definition) is 2. The summed E-state index contributed by atoms with van der Waals surface area (Å²) in [5, 5.41) is 0. The molecule has 0 saturated heterocycles. The lowest BCUT2D eigenvalue weighted by Gasteiger charge is -2.12. The maximum absolute atomic E-state index is 12.8. The van der Waals surface area contributed by atoms with E-state index in [0.717, 1.165) is 12.1 Å². The van der Waals surface area contributed by atoms with E-state index in [0.29, 0.717) is 16.8 Å². The van der Waals surface area contributed by atoms with Gasteiger partial charge in [0.2, 0.25) is 0 Å². The van der Waals surface area contributed by atoms with Gasteiger partial charge in [0.05, 0.1) is 12.7 Å². The molecule has 0 amide bonds. The minimum Gasteiger partial charge on any atom is -0.497 e. The molecule has 0 aliphatic rings. The fourth-order valence-electron chi connectivity index (χ4n) is 1.72. The van der Waals surface area contributed by atoms with Gasteiger partial charge in [0.15, 0.2) is 0 Å². The van der Waals surface area contributed by atoms with E-state index in [1.54, 1.807) is 30.3 Å². The van der Waals surface area contributed by atoms with Crippen molar-refractivity contribution in [1.82, 2.24) is 0 Å². The monoisotopic (exact) mass is 267 g/mol. The van der Waals surface area contributed by atoms with E-state index in [4.69, 9.17) is 10.5 Å². The standard InChI is InChI=1S/C14H12F3NO/c1-19-13-7-10(6-11(8-13)14(15,16)17)9-2-4-12(18)5-3-9/h2-8H,18H2,1H3. The second-order valence-electron chi connectivity index (χ2n) is 4.07. The normalized spacial score (nSPS) is 11.4. The summed E-state index contributed by atoms with van der Waals surface area (Å²) in [6.45, 7) is 0. The van der Waals surface area contributed by atoms with Crippen molar-refractivity contribution < 1.29 is 17.9 Å². The number of anilines is 1. The maximum atomic E-state index is 12.8. The first-order chi connectivity index (χ1) is 8.90. The van der Waals surface area contributed by atoms with Crippen LogP contribution >= 0.6 is 0 Å². The summed E-state index contributed by atoms with van der Waals surface area (Å²) in [6, 6.07) is 10.2. The van der Waals surface area contributed by atoms with Crippen molar-refractivity contribution >= 4 is 5.69 Å². The topological polar surface area (TPSA) is 35.2 Å². The summed E-state index contributed by atoms with van der Waals surface area (Å²) in [4.78, 5) is 0. The van der Waals surface area contributed by atoms with Crippen molar-refractivity contribution in [2.24, 2.45) is 0 Å². The van der Waals surface area contributed by atoms with Crippen LogP contribution in [0, 0.1) is 0 Å². The summed E-state index contributed by atoms with van der Waals surface area (Å²) in [6.07, 6.45) is -4.41. The van der Waals surface area contributed by atoms with E-state index in [1.165, 1.54) is 7.11 Å². The Morgan fingerprint density at radius 1 is 0.947 bits per heavy atom. The van der Waals surface area contributed by atoms with Gasteiger partial charge in [-0.3, -0.25) is 0 Å². The first-order valence-electron chi connectivity index (χ1n) is 5.52. The molecule has 0 atom stereocenters. The molecule has 2 nitrogen and oxygen atoms in total. The molecule has 0 spiro atoms. The first-order valence-corrected chi connectivity index (χ1v) is 5.52. The minimum absolute atomic E-state index is 0.168. The molecule has 100 valence electrons. The van der Waals surface area contributed by atoms with Gasteiger partial charge in [0.1, 0.15) is 5.75 Å². The predicted octanol–water partition coefficient (Wildman–Crippen LogP) is 3.96. The van der Waals surface area contributed by atoms with Crippen LogP contribution in [0.2, 0.25) is 0 Å². The molecule has 2 aromatic rings. The fourth-order valence-corrected chi connectivity index (χ4v) is 1.72. The zero-order valence-electron chi connectivity index (χ0n) is 10.2. The van der Waals surface area contributed by atoms with Crippen molar-refractivity contribution in [3.63, 3.8) is 0 Å². The molecule has 0 aliphatic carbocycles. The summed E-state index contributed by atoms with van der Waals surface area (Å²) in [7, 11) is 1.34. The predicted molar refractivity (Wildman–Crippen MR) is 67.8 cm³/mol. The van der Waals surface area contributed by atoms with Crippen LogP contribution in [0.4, 0.5) is 18.9 Å². The number of benzene rings is 2. The molecule has 2 rings (SSSR count).